The van der Waals surface area contributed by atoms with Crippen molar-refractivity contribution in [3.63, 3.8) is 0 Å². The number of thioether (sulfide) groups is 1. The van der Waals surface area contributed by atoms with E-state index >= 15 is 0 Å². The average Bonchev–Trinajstić information content (AvgIpc) is 2.85. The van der Waals surface area contributed by atoms with Gasteiger partial charge in [0, 0.05) is 10.1 Å². The second-order valence-corrected chi connectivity index (χ2v) is 7.15. The highest BCUT2D eigenvalue weighted by Gasteiger charge is 2.14. The van der Waals surface area contributed by atoms with Crippen molar-refractivity contribution >= 4 is 23.9 Å². The van der Waals surface area contributed by atoms with Gasteiger partial charge in [0.25, 0.3) is 0 Å². The molecular formula is C17H22N4S. The van der Waals surface area contributed by atoms with Crippen LogP contribution in [0.25, 0.3) is 0 Å². The third kappa shape index (κ3) is 3.91. The van der Waals surface area contributed by atoms with E-state index in [0.29, 0.717) is 5.95 Å². The number of imidazole rings is 1. The lowest BCUT2D eigenvalue weighted by atomic mass is 10.0. The van der Waals surface area contributed by atoms with Crippen molar-refractivity contribution in [1.29, 1.82) is 0 Å². The van der Waals surface area contributed by atoms with E-state index in [2.05, 4.69) is 34.4 Å². The molecule has 1 fully saturated rings. The molecule has 22 heavy (non-hydrogen) atoms. The Morgan fingerprint density at radius 2 is 1.95 bits per heavy atom. The third-order valence-electron chi connectivity index (χ3n) is 3.90. The molecule has 0 unspecified atom stereocenters. The molecule has 1 aromatic carbocycles. The number of nitrogens with two attached hydrogens (primary N) is 1. The maximum atomic E-state index is 5.77. The summed E-state index contributed by atoms with van der Waals surface area (Å²) in [6.07, 6.45) is 10.5. The summed E-state index contributed by atoms with van der Waals surface area (Å²) in [4.78, 5) is 5.48. The molecular weight excluding hydrogens is 292 g/mol. The summed E-state index contributed by atoms with van der Waals surface area (Å²) in [5.74, 6) is 0.415. The molecule has 0 spiro atoms. The van der Waals surface area contributed by atoms with Gasteiger partial charge in [-0.25, -0.2) is 9.66 Å². The Kier molecular flexibility index (Phi) is 4.83. The fourth-order valence-electron chi connectivity index (χ4n) is 2.73. The van der Waals surface area contributed by atoms with E-state index in [9.17, 15) is 0 Å². The predicted octanol–water partition coefficient (Wildman–Crippen LogP) is 4.08. The molecule has 1 saturated carbocycles. The highest BCUT2D eigenvalue weighted by Crippen LogP contribution is 2.33. The molecule has 1 aromatic heterocycles. The van der Waals surface area contributed by atoms with Crippen molar-refractivity contribution in [3.8, 4) is 0 Å². The van der Waals surface area contributed by atoms with Crippen LogP contribution in [0.4, 0.5) is 5.95 Å². The molecule has 3 rings (SSSR count). The average molecular weight is 314 g/mol. The molecule has 2 aromatic rings. The maximum Gasteiger partial charge on any atom is 0.221 e. The lowest BCUT2D eigenvalue weighted by Gasteiger charge is -2.20. The molecule has 0 atom stereocenters. The molecule has 0 aliphatic heterocycles. The summed E-state index contributed by atoms with van der Waals surface area (Å²) in [6, 6.07) is 8.58. The fourth-order valence-corrected chi connectivity index (χ4v) is 3.98. The molecule has 0 bridgehead atoms. The Morgan fingerprint density at radius 3 is 2.59 bits per heavy atom. The van der Waals surface area contributed by atoms with Crippen LogP contribution in [0, 0.1) is 6.92 Å². The molecule has 0 saturated heterocycles. The quantitative estimate of drug-likeness (QED) is 0.865. The van der Waals surface area contributed by atoms with Crippen LogP contribution in [0.3, 0.4) is 0 Å². The van der Waals surface area contributed by atoms with Crippen molar-refractivity contribution in [3.05, 3.63) is 41.7 Å². The number of nitrogen functional groups attached to an aromatic ring is 1. The Hall–Kier alpha value is -1.75. The van der Waals surface area contributed by atoms with Crippen LogP contribution in [0.5, 0.6) is 0 Å². The van der Waals surface area contributed by atoms with Gasteiger partial charge in [0.05, 0.1) is 18.1 Å². The zero-order valence-corrected chi connectivity index (χ0v) is 13.7. The minimum atomic E-state index is 0.415. The van der Waals surface area contributed by atoms with E-state index in [1.165, 1.54) is 37.0 Å². The highest BCUT2D eigenvalue weighted by atomic mass is 32.2. The van der Waals surface area contributed by atoms with Crippen LogP contribution in [0.1, 0.15) is 43.4 Å². The van der Waals surface area contributed by atoms with Gasteiger partial charge in [0.15, 0.2) is 0 Å². The van der Waals surface area contributed by atoms with Crippen LogP contribution >= 0.6 is 11.8 Å². The van der Waals surface area contributed by atoms with Gasteiger partial charge in [-0.3, -0.25) is 0 Å². The molecule has 116 valence electrons. The smallest absolute Gasteiger partial charge is 0.221 e. The van der Waals surface area contributed by atoms with E-state index in [0.717, 1.165) is 16.5 Å². The summed E-state index contributed by atoms with van der Waals surface area (Å²) in [7, 11) is 0. The number of hydrogen-bond acceptors (Lipinski definition) is 4. The van der Waals surface area contributed by atoms with Gasteiger partial charge in [0.1, 0.15) is 0 Å². The van der Waals surface area contributed by atoms with Gasteiger partial charge in [0.2, 0.25) is 5.95 Å². The number of nitrogens with zero attached hydrogens (tertiary/aromatic N) is 3. The minimum absolute atomic E-state index is 0.415. The van der Waals surface area contributed by atoms with Crippen LogP contribution < -0.4 is 5.73 Å². The van der Waals surface area contributed by atoms with Crippen LogP contribution in [-0.2, 0) is 0 Å². The lowest BCUT2D eigenvalue weighted by molar-refractivity contribution is 0.516. The topological polar surface area (TPSA) is 56.2 Å². The number of aryl methyl sites for hydroxylation is 1. The number of hydrogen-bond donors (Lipinski definition) is 1. The zero-order chi connectivity index (χ0) is 15.4. The molecule has 5 heteroatoms. The van der Waals surface area contributed by atoms with Crippen LogP contribution in [-0.4, -0.2) is 21.1 Å². The monoisotopic (exact) mass is 314 g/mol. The van der Waals surface area contributed by atoms with Gasteiger partial charge in [-0.15, -0.1) is 11.8 Å². The first-order valence-corrected chi connectivity index (χ1v) is 8.71. The van der Waals surface area contributed by atoms with Gasteiger partial charge < -0.3 is 5.73 Å². The Bertz CT molecular complexity index is 639. The molecule has 0 amide bonds. The van der Waals surface area contributed by atoms with Crippen LogP contribution in [0.2, 0.25) is 0 Å². The van der Waals surface area contributed by atoms with Crippen molar-refractivity contribution in [2.45, 2.75) is 49.2 Å². The molecule has 0 radical (unpaired) electrons. The van der Waals surface area contributed by atoms with Crippen molar-refractivity contribution in [2.75, 3.05) is 5.73 Å². The van der Waals surface area contributed by atoms with Gasteiger partial charge >= 0.3 is 0 Å². The summed E-state index contributed by atoms with van der Waals surface area (Å²) in [5, 5.41) is 5.13. The molecule has 2 N–H and O–H groups in total. The first-order valence-electron chi connectivity index (χ1n) is 7.83. The fraction of sp³-hybridized carbons (Fsp3) is 0.412. The van der Waals surface area contributed by atoms with E-state index in [4.69, 9.17) is 5.73 Å². The summed E-state index contributed by atoms with van der Waals surface area (Å²) >= 11 is 2.01. The number of rotatable bonds is 4. The minimum Gasteiger partial charge on any atom is -0.368 e. The third-order valence-corrected chi connectivity index (χ3v) is 5.25. The van der Waals surface area contributed by atoms with Gasteiger partial charge in [-0.2, -0.15) is 5.10 Å². The van der Waals surface area contributed by atoms with E-state index in [1.54, 1.807) is 4.68 Å². The molecule has 1 heterocycles. The van der Waals surface area contributed by atoms with Gasteiger partial charge in [-0.05, 0) is 37.5 Å². The standard InChI is InChI=1S/C17H22N4S/c1-13-12-21(17(18)20-13)19-11-14-7-9-16(10-8-14)22-15-5-3-2-4-6-15/h7-12,15H,2-6H2,1H3,(H2,18,20). The summed E-state index contributed by atoms with van der Waals surface area (Å²) in [5.41, 5.74) is 7.71. The first-order chi connectivity index (χ1) is 10.7. The lowest BCUT2D eigenvalue weighted by Crippen LogP contribution is -2.07. The Labute approximate surface area is 135 Å². The summed E-state index contributed by atoms with van der Waals surface area (Å²) in [6.45, 7) is 1.90. The largest absolute Gasteiger partial charge is 0.368 e. The second-order valence-electron chi connectivity index (χ2n) is 5.78. The second kappa shape index (κ2) is 7.01. The van der Waals surface area contributed by atoms with Crippen molar-refractivity contribution < 1.29 is 0 Å². The summed E-state index contributed by atoms with van der Waals surface area (Å²) < 4.78 is 1.60. The van der Waals surface area contributed by atoms with Crippen molar-refractivity contribution in [1.82, 2.24) is 9.66 Å². The Balaban J connectivity index is 1.62. The van der Waals surface area contributed by atoms with E-state index in [1.807, 2.05) is 31.1 Å². The predicted molar refractivity (Wildman–Crippen MR) is 93.5 cm³/mol. The zero-order valence-electron chi connectivity index (χ0n) is 12.9. The van der Waals surface area contributed by atoms with E-state index in [-0.39, 0.29) is 0 Å². The van der Waals surface area contributed by atoms with Crippen molar-refractivity contribution in [2.24, 2.45) is 5.10 Å². The Morgan fingerprint density at radius 1 is 1.23 bits per heavy atom. The molecule has 1 aliphatic rings. The van der Waals surface area contributed by atoms with E-state index < -0.39 is 0 Å². The van der Waals surface area contributed by atoms with Gasteiger partial charge in [-0.1, -0.05) is 31.4 Å². The number of anilines is 1. The number of benzene rings is 1. The normalized spacial score (nSPS) is 16.4. The number of aromatic nitrogens is 2. The molecule has 4 nitrogen and oxygen atoms in total. The first kappa shape index (κ1) is 15.2. The maximum absolute atomic E-state index is 5.77. The SMILES string of the molecule is Cc1cn(N=Cc2ccc(SC3CCCCC3)cc2)c(N)n1. The highest BCUT2D eigenvalue weighted by molar-refractivity contribution is 8.00. The van der Waals surface area contributed by atoms with Crippen LogP contribution in [0.15, 0.2) is 40.5 Å². The molecule has 1 aliphatic carbocycles.